The zero-order valence-electron chi connectivity index (χ0n) is 6.51. The Labute approximate surface area is 62.0 Å². The quantitative estimate of drug-likeness (QED) is 0.514. The van der Waals surface area contributed by atoms with Gasteiger partial charge in [0.2, 0.25) is 0 Å². The summed E-state index contributed by atoms with van der Waals surface area (Å²) in [4.78, 5) is 5.06. The van der Waals surface area contributed by atoms with Gasteiger partial charge in [0.15, 0.2) is 0 Å². The summed E-state index contributed by atoms with van der Waals surface area (Å²) in [6, 6.07) is 0. The summed E-state index contributed by atoms with van der Waals surface area (Å²) in [5, 5.41) is 3.32. The number of nitrogens with one attached hydrogen (secondary N) is 1. The van der Waals surface area contributed by atoms with Crippen molar-refractivity contribution in [1.29, 1.82) is 0 Å². The monoisotopic (exact) mass is 141 g/mol. The molecule has 1 unspecified atom stereocenters. The van der Waals surface area contributed by atoms with Gasteiger partial charge in [-0.3, -0.25) is 9.80 Å². The molecule has 1 N–H and O–H groups in total. The molecule has 0 aromatic heterocycles. The minimum atomic E-state index is 0.627. The van der Waals surface area contributed by atoms with Crippen LogP contribution >= 0.6 is 0 Å². The first-order valence-corrected chi connectivity index (χ1v) is 4.04. The zero-order chi connectivity index (χ0) is 6.97. The molecule has 0 saturated carbocycles. The average molecular weight is 141 g/mol. The number of hydrogen-bond donors (Lipinski definition) is 1. The fourth-order valence-corrected chi connectivity index (χ4v) is 1.89. The zero-order valence-corrected chi connectivity index (χ0v) is 6.51. The molecule has 1 atom stereocenters. The molecule has 0 aliphatic carbocycles. The first kappa shape index (κ1) is 6.58. The molecule has 3 heteroatoms. The Balaban J connectivity index is 2.01. The van der Waals surface area contributed by atoms with Crippen LogP contribution in [0, 0.1) is 0 Å². The van der Waals surface area contributed by atoms with Gasteiger partial charge in [-0.15, -0.1) is 0 Å². The molecule has 3 aliphatic heterocycles. The second-order valence-corrected chi connectivity index (χ2v) is 3.14. The van der Waals surface area contributed by atoms with Gasteiger partial charge < -0.3 is 5.32 Å². The summed E-state index contributed by atoms with van der Waals surface area (Å²) in [5.74, 6) is 0. The third-order valence-electron chi connectivity index (χ3n) is 2.61. The number of hydrogen-bond acceptors (Lipinski definition) is 3. The van der Waals surface area contributed by atoms with Gasteiger partial charge in [-0.1, -0.05) is 0 Å². The second kappa shape index (κ2) is 2.49. The lowest BCUT2D eigenvalue weighted by atomic mass is 10.2. The molecule has 3 rings (SSSR count). The van der Waals surface area contributed by atoms with E-state index in [0.717, 1.165) is 0 Å². The van der Waals surface area contributed by atoms with E-state index in [9.17, 15) is 0 Å². The van der Waals surface area contributed by atoms with E-state index in [2.05, 4.69) is 15.1 Å². The fourth-order valence-electron chi connectivity index (χ4n) is 1.89. The van der Waals surface area contributed by atoms with Crippen LogP contribution in [0.25, 0.3) is 0 Å². The molecule has 0 spiro atoms. The van der Waals surface area contributed by atoms with Gasteiger partial charge in [0.05, 0.1) is 6.17 Å². The molecule has 3 fully saturated rings. The molecule has 3 nitrogen and oxygen atoms in total. The van der Waals surface area contributed by atoms with E-state index in [1.807, 2.05) is 7.05 Å². The van der Waals surface area contributed by atoms with Crippen molar-refractivity contribution in [2.45, 2.75) is 6.17 Å². The average Bonchev–Trinajstić information content (AvgIpc) is 2.06. The van der Waals surface area contributed by atoms with Crippen molar-refractivity contribution in [3.05, 3.63) is 0 Å². The van der Waals surface area contributed by atoms with Gasteiger partial charge in [0.1, 0.15) is 0 Å². The Morgan fingerprint density at radius 2 is 1.90 bits per heavy atom. The molecule has 2 bridgehead atoms. The van der Waals surface area contributed by atoms with Crippen molar-refractivity contribution in [1.82, 2.24) is 15.1 Å². The minimum Gasteiger partial charge on any atom is -0.304 e. The second-order valence-electron chi connectivity index (χ2n) is 3.14. The van der Waals surface area contributed by atoms with Crippen molar-refractivity contribution in [2.24, 2.45) is 0 Å². The predicted octanol–water partition coefficient (Wildman–Crippen LogP) is -0.837. The highest BCUT2D eigenvalue weighted by Gasteiger charge is 2.30. The summed E-state index contributed by atoms with van der Waals surface area (Å²) in [6.45, 7) is 6.28. The maximum absolute atomic E-state index is 3.32. The maximum atomic E-state index is 3.32. The molecule has 10 heavy (non-hydrogen) atoms. The first-order valence-electron chi connectivity index (χ1n) is 4.04. The highest BCUT2D eigenvalue weighted by Crippen LogP contribution is 2.12. The SMILES string of the molecule is CNC1CN2CCN1CC2. The third kappa shape index (κ3) is 0.944. The first-order chi connectivity index (χ1) is 4.90. The topological polar surface area (TPSA) is 18.5 Å². The molecule has 58 valence electrons. The Kier molecular flexibility index (Phi) is 1.64. The summed E-state index contributed by atoms with van der Waals surface area (Å²) in [5.41, 5.74) is 0. The van der Waals surface area contributed by atoms with Crippen LogP contribution in [0.4, 0.5) is 0 Å². The van der Waals surface area contributed by atoms with Crippen molar-refractivity contribution in [3.8, 4) is 0 Å². The summed E-state index contributed by atoms with van der Waals surface area (Å²) in [7, 11) is 2.05. The Bertz CT molecular complexity index is 118. The number of rotatable bonds is 1. The normalized spacial score (nSPS) is 45.9. The van der Waals surface area contributed by atoms with Crippen LogP contribution in [0.2, 0.25) is 0 Å². The summed E-state index contributed by atoms with van der Waals surface area (Å²) in [6.07, 6.45) is 0.627. The summed E-state index contributed by atoms with van der Waals surface area (Å²) < 4.78 is 0. The molecule has 3 heterocycles. The van der Waals surface area contributed by atoms with Gasteiger partial charge in [-0.25, -0.2) is 0 Å². The fraction of sp³-hybridized carbons (Fsp3) is 1.00. The standard InChI is InChI=1S/C7H15N3/c1-8-7-6-9-2-4-10(7)5-3-9/h7-8H,2-6H2,1H3. The number of piperazine rings is 3. The minimum absolute atomic E-state index is 0.627. The largest absolute Gasteiger partial charge is 0.304 e. The molecule has 0 aromatic carbocycles. The van der Waals surface area contributed by atoms with E-state index in [0.29, 0.717) is 6.17 Å². The summed E-state index contributed by atoms with van der Waals surface area (Å²) >= 11 is 0. The number of nitrogens with zero attached hydrogens (tertiary/aromatic N) is 2. The smallest absolute Gasteiger partial charge is 0.0726 e. The lowest BCUT2D eigenvalue weighted by Crippen LogP contribution is -2.64. The van der Waals surface area contributed by atoms with Crippen LogP contribution in [0.1, 0.15) is 0 Å². The molecule has 3 saturated heterocycles. The van der Waals surface area contributed by atoms with Gasteiger partial charge in [-0.05, 0) is 7.05 Å². The molecular formula is C7H15N3. The van der Waals surface area contributed by atoms with Gasteiger partial charge in [0, 0.05) is 32.7 Å². The van der Waals surface area contributed by atoms with Crippen molar-refractivity contribution >= 4 is 0 Å². The number of likely N-dealkylation sites (N-methyl/N-ethyl adjacent to an activating group) is 1. The van der Waals surface area contributed by atoms with Crippen LogP contribution in [0.15, 0.2) is 0 Å². The van der Waals surface area contributed by atoms with E-state index in [1.165, 1.54) is 32.7 Å². The third-order valence-corrected chi connectivity index (χ3v) is 2.61. The lowest BCUT2D eigenvalue weighted by molar-refractivity contribution is 0.00191. The Hall–Kier alpha value is -0.120. The van der Waals surface area contributed by atoms with Crippen LogP contribution in [0.3, 0.4) is 0 Å². The highest BCUT2D eigenvalue weighted by molar-refractivity contribution is 4.85. The Morgan fingerprint density at radius 3 is 2.20 bits per heavy atom. The van der Waals surface area contributed by atoms with Gasteiger partial charge >= 0.3 is 0 Å². The van der Waals surface area contributed by atoms with Crippen molar-refractivity contribution in [2.75, 3.05) is 39.8 Å². The van der Waals surface area contributed by atoms with Crippen LogP contribution < -0.4 is 5.32 Å². The van der Waals surface area contributed by atoms with E-state index < -0.39 is 0 Å². The molecule has 3 aliphatic rings. The van der Waals surface area contributed by atoms with E-state index in [1.54, 1.807) is 0 Å². The number of fused-ring (bicyclic) bond motifs is 3. The maximum Gasteiger partial charge on any atom is 0.0726 e. The molecule has 0 aromatic rings. The molecule has 0 amide bonds. The van der Waals surface area contributed by atoms with Gasteiger partial charge in [-0.2, -0.15) is 0 Å². The van der Waals surface area contributed by atoms with Crippen LogP contribution in [-0.2, 0) is 0 Å². The van der Waals surface area contributed by atoms with Crippen LogP contribution in [-0.4, -0.2) is 55.7 Å². The van der Waals surface area contributed by atoms with E-state index in [-0.39, 0.29) is 0 Å². The van der Waals surface area contributed by atoms with Crippen molar-refractivity contribution < 1.29 is 0 Å². The van der Waals surface area contributed by atoms with Crippen LogP contribution in [0.5, 0.6) is 0 Å². The molecule has 0 radical (unpaired) electrons. The Morgan fingerprint density at radius 1 is 1.20 bits per heavy atom. The predicted molar refractivity (Wildman–Crippen MR) is 40.9 cm³/mol. The van der Waals surface area contributed by atoms with E-state index >= 15 is 0 Å². The van der Waals surface area contributed by atoms with Gasteiger partial charge in [0.25, 0.3) is 0 Å². The van der Waals surface area contributed by atoms with E-state index in [4.69, 9.17) is 0 Å². The molecular weight excluding hydrogens is 126 g/mol. The lowest BCUT2D eigenvalue weighted by Gasteiger charge is -2.47. The van der Waals surface area contributed by atoms with Crippen molar-refractivity contribution in [3.63, 3.8) is 0 Å². The highest BCUT2D eigenvalue weighted by atomic mass is 15.4.